The minimum Gasteiger partial charge on any atom is -0.332 e. The van der Waals surface area contributed by atoms with Crippen LogP contribution in [0.5, 0.6) is 0 Å². The summed E-state index contributed by atoms with van der Waals surface area (Å²) in [7, 11) is 0. The first kappa shape index (κ1) is 22.3. The predicted molar refractivity (Wildman–Crippen MR) is 104 cm³/mol. The van der Waals surface area contributed by atoms with Crippen LogP contribution in [0.3, 0.4) is 0 Å². The third-order valence-electron chi connectivity index (χ3n) is 5.40. The van der Waals surface area contributed by atoms with E-state index in [2.05, 4.69) is 15.1 Å². The first-order chi connectivity index (χ1) is 14.3. The minimum absolute atomic E-state index is 0.0272. The Morgan fingerprint density at radius 3 is 2.53 bits per heavy atom. The average molecular weight is 426 g/mol. The summed E-state index contributed by atoms with van der Waals surface area (Å²) in [5.74, 6) is -1.04. The summed E-state index contributed by atoms with van der Waals surface area (Å²) in [5.41, 5.74) is -0.630. The minimum atomic E-state index is -4.64. The molecule has 9 heteroatoms. The van der Waals surface area contributed by atoms with Crippen LogP contribution in [0.4, 0.5) is 17.6 Å². The number of carbonyl (C=O) groups is 1. The van der Waals surface area contributed by atoms with E-state index in [0.717, 1.165) is 25.9 Å². The number of aryl methyl sites for hydroxylation is 1. The molecule has 1 aliphatic heterocycles. The maximum Gasteiger partial charge on any atom is 0.435 e. The van der Waals surface area contributed by atoms with Gasteiger partial charge in [-0.3, -0.25) is 9.89 Å². The summed E-state index contributed by atoms with van der Waals surface area (Å²) in [4.78, 5) is 16.6. The van der Waals surface area contributed by atoms with Gasteiger partial charge >= 0.3 is 6.18 Å². The normalized spacial score (nSPS) is 15.8. The molecule has 2 aromatic rings. The van der Waals surface area contributed by atoms with Gasteiger partial charge in [-0.15, -0.1) is 0 Å². The standard InChI is InChI=1S/C21H26F4N4O/c1-15-7-6-8-16(19(15)22)14-29(12-11-28-9-4-2-3-5-10-28)20(30)17-13-18(27-26-17)21(23,24)25/h6-8,13H,2-5,9-12,14H2,1H3,(H,26,27). The number of carbonyl (C=O) groups excluding carboxylic acids is 1. The Hall–Kier alpha value is -2.42. The van der Waals surface area contributed by atoms with Crippen molar-refractivity contribution in [1.29, 1.82) is 0 Å². The van der Waals surface area contributed by atoms with Crippen LogP contribution >= 0.6 is 0 Å². The van der Waals surface area contributed by atoms with E-state index in [1.54, 1.807) is 25.1 Å². The van der Waals surface area contributed by atoms with Gasteiger partial charge in [0.15, 0.2) is 5.69 Å². The number of hydrogen-bond acceptors (Lipinski definition) is 3. The molecule has 5 nitrogen and oxygen atoms in total. The van der Waals surface area contributed by atoms with Gasteiger partial charge in [0.1, 0.15) is 11.5 Å². The van der Waals surface area contributed by atoms with Gasteiger partial charge in [-0.05, 0) is 38.4 Å². The van der Waals surface area contributed by atoms with Crippen LogP contribution in [0.25, 0.3) is 0 Å². The molecular formula is C21H26F4N4O. The molecule has 1 N–H and O–H groups in total. The smallest absolute Gasteiger partial charge is 0.332 e. The van der Waals surface area contributed by atoms with Crippen LogP contribution in [-0.2, 0) is 12.7 Å². The van der Waals surface area contributed by atoms with Crippen molar-refractivity contribution < 1.29 is 22.4 Å². The molecule has 0 radical (unpaired) electrons. The van der Waals surface area contributed by atoms with E-state index >= 15 is 0 Å². The van der Waals surface area contributed by atoms with Gasteiger partial charge in [0.25, 0.3) is 5.91 Å². The summed E-state index contributed by atoms with van der Waals surface area (Å²) in [5, 5.41) is 5.39. The molecule has 0 saturated carbocycles. The first-order valence-electron chi connectivity index (χ1n) is 10.1. The van der Waals surface area contributed by atoms with Gasteiger partial charge in [-0.1, -0.05) is 31.0 Å². The monoisotopic (exact) mass is 426 g/mol. The summed E-state index contributed by atoms with van der Waals surface area (Å²) in [6.07, 6.45) is -0.148. The second-order valence-corrected chi connectivity index (χ2v) is 7.70. The van der Waals surface area contributed by atoms with E-state index in [1.165, 1.54) is 17.7 Å². The molecule has 164 valence electrons. The number of hydrogen-bond donors (Lipinski definition) is 1. The molecule has 1 fully saturated rings. The summed E-state index contributed by atoms with van der Waals surface area (Å²) < 4.78 is 53.1. The van der Waals surface area contributed by atoms with Gasteiger partial charge < -0.3 is 9.80 Å². The molecule has 0 bridgehead atoms. The lowest BCUT2D eigenvalue weighted by Crippen LogP contribution is -2.39. The Labute approximate surface area is 173 Å². The van der Waals surface area contributed by atoms with Crippen molar-refractivity contribution in [1.82, 2.24) is 20.0 Å². The van der Waals surface area contributed by atoms with Crippen molar-refractivity contribution in [3.8, 4) is 0 Å². The Balaban J connectivity index is 1.79. The molecule has 0 atom stereocenters. The molecular weight excluding hydrogens is 400 g/mol. The molecule has 1 aliphatic rings. The van der Waals surface area contributed by atoms with Gasteiger partial charge in [0.2, 0.25) is 0 Å². The lowest BCUT2D eigenvalue weighted by atomic mass is 10.1. The number of alkyl halides is 3. The molecule has 1 aromatic carbocycles. The summed E-state index contributed by atoms with van der Waals surface area (Å²) in [6, 6.07) is 5.62. The van der Waals surface area contributed by atoms with Crippen LogP contribution in [0.2, 0.25) is 0 Å². The molecule has 1 saturated heterocycles. The number of rotatable bonds is 6. The Bertz CT molecular complexity index is 857. The second-order valence-electron chi connectivity index (χ2n) is 7.70. The molecule has 0 aliphatic carbocycles. The lowest BCUT2D eigenvalue weighted by molar-refractivity contribution is -0.141. The van der Waals surface area contributed by atoms with E-state index in [-0.39, 0.29) is 18.8 Å². The lowest BCUT2D eigenvalue weighted by Gasteiger charge is -2.27. The largest absolute Gasteiger partial charge is 0.435 e. The van der Waals surface area contributed by atoms with E-state index in [1.807, 2.05) is 0 Å². The number of H-pyrrole nitrogens is 1. The number of likely N-dealkylation sites (tertiary alicyclic amines) is 1. The van der Waals surface area contributed by atoms with Gasteiger partial charge in [-0.2, -0.15) is 18.3 Å². The zero-order chi connectivity index (χ0) is 21.7. The summed E-state index contributed by atoms with van der Waals surface area (Å²) in [6.45, 7) is 4.31. The van der Waals surface area contributed by atoms with Crippen LogP contribution in [0.1, 0.15) is 53.0 Å². The predicted octanol–water partition coefficient (Wildman–Crippen LogP) is 4.39. The first-order valence-corrected chi connectivity index (χ1v) is 10.1. The molecule has 30 heavy (non-hydrogen) atoms. The number of aromatic amines is 1. The zero-order valence-corrected chi connectivity index (χ0v) is 16.9. The highest BCUT2D eigenvalue weighted by atomic mass is 19.4. The molecule has 0 spiro atoms. The van der Waals surface area contributed by atoms with Crippen molar-refractivity contribution in [2.75, 3.05) is 26.2 Å². The fourth-order valence-corrected chi connectivity index (χ4v) is 3.66. The van der Waals surface area contributed by atoms with Crippen LogP contribution < -0.4 is 0 Å². The van der Waals surface area contributed by atoms with Crippen LogP contribution in [0.15, 0.2) is 24.3 Å². The zero-order valence-electron chi connectivity index (χ0n) is 16.9. The number of halogens is 4. The second kappa shape index (κ2) is 9.59. The van der Waals surface area contributed by atoms with Crippen LogP contribution in [0, 0.1) is 12.7 Å². The topological polar surface area (TPSA) is 52.2 Å². The fourth-order valence-electron chi connectivity index (χ4n) is 3.66. The SMILES string of the molecule is Cc1cccc(CN(CCN2CCCCCC2)C(=O)c2cc(C(F)(F)F)n[nH]2)c1F. The third kappa shape index (κ3) is 5.59. The quantitative estimate of drug-likeness (QED) is 0.697. The van der Waals surface area contributed by atoms with E-state index < -0.39 is 23.6 Å². The van der Waals surface area contributed by atoms with E-state index in [4.69, 9.17) is 0 Å². The fraction of sp³-hybridized carbons (Fsp3) is 0.524. The van der Waals surface area contributed by atoms with E-state index in [0.29, 0.717) is 23.7 Å². The van der Waals surface area contributed by atoms with Crippen molar-refractivity contribution in [3.63, 3.8) is 0 Å². The number of benzene rings is 1. The highest BCUT2D eigenvalue weighted by Gasteiger charge is 2.35. The van der Waals surface area contributed by atoms with E-state index in [9.17, 15) is 22.4 Å². The number of aromatic nitrogens is 2. The summed E-state index contributed by atoms with van der Waals surface area (Å²) >= 11 is 0. The Morgan fingerprint density at radius 2 is 1.90 bits per heavy atom. The highest BCUT2D eigenvalue weighted by molar-refractivity contribution is 5.92. The molecule has 0 unspecified atom stereocenters. The van der Waals surface area contributed by atoms with Crippen molar-refractivity contribution in [3.05, 3.63) is 52.6 Å². The molecule has 1 amide bonds. The van der Waals surface area contributed by atoms with Crippen molar-refractivity contribution >= 4 is 5.91 Å². The Kier molecular flexibility index (Phi) is 7.12. The molecule has 3 rings (SSSR count). The maximum absolute atomic E-state index is 14.5. The van der Waals surface area contributed by atoms with Crippen LogP contribution in [-0.4, -0.2) is 52.1 Å². The van der Waals surface area contributed by atoms with Gasteiger partial charge in [0, 0.05) is 31.3 Å². The number of nitrogens with one attached hydrogen (secondary N) is 1. The number of amides is 1. The third-order valence-corrected chi connectivity index (χ3v) is 5.40. The highest BCUT2D eigenvalue weighted by Crippen LogP contribution is 2.28. The Morgan fingerprint density at radius 1 is 1.20 bits per heavy atom. The average Bonchev–Trinajstić information content (AvgIpc) is 3.07. The molecule has 2 heterocycles. The number of nitrogens with zero attached hydrogens (tertiary/aromatic N) is 3. The maximum atomic E-state index is 14.5. The molecule has 1 aromatic heterocycles. The van der Waals surface area contributed by atoms with Gasteiger partial charge in [0.05, 0.1) is 0 Å². The van der Waals surface area contributed by atoms with Gasteiger partial charge in [-0.25, -0.2) is 4.39 Å². The van der Waals surface area contributed by atoms with Crippen molar-refractivity contribution in [2.45, 2.75) is 45.3 Å². The van der Waals surface area contributed by atoms with Crippen molar-refractivity contribution in [2.24, 2.45) is 0 Å².